The summed E-state index contributed by atoms with van der Waals surface area (Å²) in [6.45, 7) is 10.5. The number of fused-ring (bicyclic) bond motifs is 2. The van der Waals surface area contributed by atoms with E-state index in [-0.39, 0.29) is 5.91 Å². The molecule has 0 spiro atoms. The molecule has 0 aliphatic rings. The van der Waals surface area contributed by atoms with E-state index in [1.54, 1.807) is 25.1 Å². The van der Waals surface area contributed by atoms with Crippen molar-refractivity contribution in [3.05, 3.63) is 74.9 Å². The lowest BCUT2D eigenvalue weighted by Gasteiger charge is -2.18. The Morgan fingerprint density at radius 3 is 2.48 bits per heavy atom. The maximum absolute atomic E-state index is 12.9. The van der Waals surface area contributed by atoms with Crippen LogP contribution in [0.2, 0.25) is 0 Å². The number of nitrogens with one attached hydrogen (secondary N) is 2. The number of hydrogen-bond donors (Lipinski definition) is 2. The van der Waals surface area contributed by atoms with Crippen molar-refractivity contribution in [2.45, 2.75) is 33.9 Å². The molecule has 0 aliphatic carbocycles. The Hall–Kier alpha value is -3.65. The minimum absolute atomic E-state index is 0.285. The number of benzene rings is 2. The molecule has 8 heteroatoms. The maximum Gasteiger partial charge on any atom is 0.316 e. The second-order valence-corrected chi connectivity index (χ2v) is 8.00. The molecule has 0 fully saturated rings. The fourth-order valence-electron chi connectivity index (χ4n) is 4.20. The Morgan fingerprint density at radius 1 is 1.00 bits per heavy atom. The van der Waals surface area contributed by atoms with Gasteiger partial charge in [0.2, 0.25) is 0 Å². The first-order valence-electron chi connectivity index (χ1n) is 11.3. The van der Waals surface area contributed by atoms with Crippen LogP contribution < -0.4 is 16.4 Å². The summed E-state index contributed by atoms with van der Waals surface area (Å²) in [4.78, 5) is 41.8. The summed E-state index contributed by atoms with van der Waals surface area (Å²) in [5.41, 5.74) is 1.97. The highest BCUT2D eigenvalue weighted by molar-refractivity contribution is 6.06. The molecule has 0 bridgehead atoms. The minimum atomic E-state index is -0.696. The van der Waals surface area contributed by atoms with E-state index in [2.05, 4.69) is 45.9 Å². The van der Waals surface area contributed by atoms with Gasteiger partial charge in [0.1, 0.15) is 0 Å². The van der Waals surface area contributed by atoms with Crippen molar-refractivity contribution in [2.75, 3.05) is 25.0 Å². The van der Waals surface area contributed by atoms with Crippen molar-refractivity contribution in [2.24, 2.45) is 0 Å². The van der Waals surface area contributed by atoms with Gasteiger partial charge in [-0.15, -0.1) is 0 Å². The molecule has 2 N–H and O–H groups in total. The summed E-state index contributed by atoms with van der Waals surface area (Å²) in [6, 6.07) is 12.9. The molecule has 0 saturated carbocycles. The van der Waals surface area contributed by atoms with Gasteiger partial charge < -0.3 is 24.3 Å². The number of aryl methyl sites for hydroxylation is 1. The summed E-state index contributed by atoms with van der Waals surface area (Å²) < 4.78 is 3.63. The molecule has 2 aromatic heterocycles. The molecule has 33 heavy (non-hydrogen) atoms. The number of amides is 1. The number of anilines is 1. The second kappa shape index (κ2) is 9.46. The van der Waals surface area contributed by atoms with E-state index in [0.29, 0.717) is 28.8 Å². The van der Waals surface area contributed by atoms with E-state index >= 15 is 0 Å². The van der Waals surface area contributed by atoms with E-state index in [1.165, 1.54) is 4.57 Å². The van der Waals surface area contributed by atoms with Gasteiger partial charge in [-0.3, -0.25) is 14.4 Å². The Bertz CT molecular complexity index is 1430. The van der Waals surface area contributed by atoms with Gasteiger partial charge in [0.25, 0.3) is 5.91 Å². The monoisotopic (exact) mass is 447 g/mol. The SMILES string of the molecule is CCN(CC)CCn1ccc2cc(NC(=O)c3ccc4c(c3)[nH]c(=O)c(=O)n4CC)ccc21. The number of likely N-dealkylation sites (N-methyl/N-ethyl adjacent to an activating group) is 1. The van der Waals surface area contributed by atoms with Gasteiger partial charge in [0.05, 0.1) is 11.0 Å². The Balaban J connectivity index is 1.55. The molecular formula is C25H29N5O3. The molecule has 1 amide bonds. The standard InChI is InChI=1S/C25H29N5O3/c1-4-28(5-2)13-14-29-12-11-17-15-19(8-10-21(17)29)26-23(31)18-7-9-22-20(16-18)27-24(32)25(33)30(22)6-3/h7-12,15-16H,4-6,13-14H2,1-3H3,(H,26,31)(H,27,32). The normalized spacial score (nSPS) is 11.5. The van der Waals surface area contributed by atoms with Crippen LogP contribution in [0.15, 0.2) is 58.3 Å². The van der Waals surface area contributed by atoms with Gasteiger partial charge >= 0.3 is 11.1 Å². The molecule has 0 unspecified atom stereocenters. The number of carbonyl (C=O) groups excluding carboxylic acids is 1. The molecule has 4 rings (SSSR count). The van der Waals surface area contributed by atoms with Gasteiger partial charge in [-0.25, -0.2) is 0 Å². The molecule has 4 aromatic rings. The highest BCUT2D eigenvalue weighted by atomic mass is 16.2. The average molecular weight is 448 g/mol. The van der Waals surface area contributed by atoms with Gasteiger partial charge in [0, 0.05) is 48.0 Å². The summed E-state index contributed by atoms with van der Waals surface area (Å²) >= 11 is 0. The molecule has 0 atom stereocenters. The van der Waals surface area contributed by atoms with Gasteiger partial charge in [0.15, 0.2) is 0 Å². The molecular weight excluding hydrogens is 418 g/mol. The van der Waals surface area contributed by atoms with Crippen LogP contribution in [-0.2, 0) is 13.1 Å². The summed E-state index contributed by atoms with van der Waals surface area (Å²) in [6.07, 6.45) is 2.08. The molecule has 0 aliphatic heterocycles. The van der Waals surface area contributed by atoms with Crippen LogP contribution >= 0.6 is 0 Å². The van der Waals surface area contributed by atoms with Crippen molar-refractivity contribution in [3.63, 3.8) is 0 Å². The van der Waals surface area contributed by atoms with Crippen LogP contribution in [0.1, 0.15) is 31.1 Å². The number of aromatic amines is 1. The third-order valence-corrected chi connectivity index (χ3v) is 6.13. The van der Waals surface area contributed by atoms with Gasteiger partial charge in [-0.05, 0) is 62.5 Å². The first-order chi connectivity index (χ1) is 15.9. The van der Waals surface area contributed by atoms with E-state index in [0.717, 1.165) is 37.1 Å². The highest BCUT2D eigenvalue weighted by Gasteiger charge is 2.12. The van der Waals surface area contributed by atoms with E-state index < -0.39 is 11.1 Å². The van der Waals surface area contributed by atoms with Crippen molar-refractivity contribution in [1.29, 1.82) is 0 Å². The molecule has 0 radical (unpaired) electrons. The number of H-pyrrole nitrogens is 1. The van der Waals surface area contributed by atoms with Crippen LogP contribution in [-0.4, -0.2) is 44.6 Å². The van der Waals surface area contributed by atoms with Crippen LogP contribution in [0.4, 0.5) is 5.69 Å². The first kappa shape index (κ1) is 22.5. The summed E-state index contributed by atoms with van der Waals surface area (Å²) in [5.74, 6) is -0.285. The lowest BCUT2D eigenvalue weighted by atomic mass is 10.1. The van der Waals surface area contributed by atoms with Gasteiger partial charge in [-0.2, -0.15) is 0 Å². The van der Waals surface area contributed by atoms with Crippen LogP contribution in [0.5, 0.6) is 0 Å². The fourth-order valence-corrected chi connectivity index (χ4v) is 4.20. The first-order valence-corrected chi connectivity index (χ1v) is 11.3. The van der Waals surface area contributed by atoms with Gasteiger partial charge in [-0.1, -0.05) is 13.8 Å². The molecule has 172 valence electrons. The quantitative estimate of drug-likeness (QED) is 0.406. The topological polar surface area (TPSA) is 92.1 Å². The zero-order chi connectivity index (χ0) is 23.5. The number of nitrogens with zero attached hydrogens (tertiary/aromatic N) is 3. The minimum Gasteiger partial charge on any atom is -0.346 e. The van der Waals surface area contributed by atoms with Crippen LogP contribution in [0, 0.1) is 0 Å². The maximum atomic E-state index is 12.9. The van der Waals surface area contributed by atoms with Crippen LogP contribution in [0.25, 0.3) is 21.9 Å². The predicted octanol–water partition coefficient (Wildman–Crippen LogP) is 3.26. The summed E-state index contributed by atoms with van der Waals surface area (Å²) in [7, 11) is 0. The van der Waals surface area contributed by atoms with Crippen molar-refractivity contribution < 1.29 is 4.79 Å². The number of aromatic nitrogens is 3. The molecule has 0 saturated heterocycles. The lowest BCUT2D eigenvalue weighted by Crippen LogP contribution is -2.36. The predicted molar refractivity (Wildman–Crippen MR) is 132 cm³/mol. The van der Waals surface area contributed by atoms with E-state index in [4.69, 9.17) is 0 Å². The van der Waals surface area contributed by atoms with Crippen molar-refractivity contribution in [1.82, 2.24) is 19.0 Å². The Labute approximate surface area is 191 Å². The van der Waals surface area contributed by atoms with E-state index in [9.17, 15) is 14.4 Å². The van der Waals surface area contributed by atoms with Crippen LogP contribution in [0.3, 0.4) is 0 Å². The van der Waals surface area contributed by atoms with Crippen molar-refractivity contribution in [3.8, 4) is 0 Å². The smallest absolute Gasteiger partial charge is 0.316 e. The largest absolute Gasteiger partial charge is 0.346 e. The number of rotatable bonds is 8. The highest BCUT2D eigenvalue weighted by Crippen LogP contribution is 2.22. The average Bonchev–Trinajstić information content (AvgIpc) is 3.22. The number of hydrogen-bond acceptors (Lipinski definition) is 4. The molecule has 2 aromatic carbocycles. The lowest BCUT2D eigenvalue weighted by molar-refractivity contribution is 0.102. The number of carbonyl (C=O) groups is 1. The Kier molecular flexibility index (Phi) is 6.46. The van der Waals surface area contributed by atoms with Crippen molar-refractivity contribution >= 4 is 33.5 Å². The fraction of sp³-hybridized carbons (Fsp3) is 0.320. The molecule has 8 nitrogen and oxygen atoms in total. The third kappa shape index (κ3) is 4.47. The Morgan fingerprint density at radius 2 is 1.76 bits per heavy atom. The second-order valence-electron chi connectivity index (χ2n) is 8.00. The zero-order valence-electron chi connectivity index (χ0n) is 19.2. The molecule has 2 heterocycles. The third-order valence-electron chi connectivity index (χ3n) is 6.13. The zero-order valence-corrected chi connectivity index (χ0v) is 19.2. The summed E-state index contributed by atoms with van der Waals surface area (Å²) in [5, 5.41) is 3.99. The van der Waals surface area contributed by atoms with E-state index in [1.807, 2.05) is 18.2 Å².